The van der Waals surface area contributed by atoms with Crippen molar-refractivity contribution < 1.29 is 4.74 Å². The number of hydrogen-bond acceptors (Lipinski definition) is 3. The molecule has 1 N–H and O–H groups in total. The van der Waals surface area contributed by atoms with E-state index in [0.29, 0.717) is 11.9 Å². The van der Waals surface area contributed by atoms with Crippen molar-refractivity contribution in [3.8, 4) is 18.2 Å². The summed E-state index contributed by atoms with van der Waals surface area (Å²) in [5.41, 5.74) is 1.17. The number of nitrogens with zero attached hydrogens (tertiary/aromatic N) is 1. The predicted octanol–water partition coefficient (Wildman–Crippen LogP) is 1.63. The Kier molecular flexibility index (Phi) is 5.38. The van der Waals surface area contributed by atoms with Gasteiger partial charge in [-0.3, -0.25) is 0 Å². The van der Waals surface area contributed by atoms with Gasteiger partial charge in [-0.1, -0.05) is 13.0 Å². The third-order valence-corrected chi connectivity index (χ3v) is 2.35. The van der Waals surface area contributed by atoms with Gasteiger partial charge in [0.05, 0.1) is 7.11 Å². The number of pyridine rings is 1. The Morgan fingerprint density at radius 2 is 2.38 bits per heavy atom. The normalized spacial score (nSPS) is 11.8. The quantitative estimate of drug-likeness (QED) is 0.737. The Morgan fingerprint density at radius 1 is 1.56 bits per heavy atom. The summed E-state index contributed by atoms with van der Waals surface area (Å²) >= 11 is 0. The van der Waals surface area contributed by atoms with Gasteiger partial charge in [0, 0.05) is 24.7 Å². The number of rotatable bonds is 6. The summed E-state index contributed by atoms with van der Waals surface area (Å²) in [7, 11) is 1.61. The highest BCUT2D eigenvalue weighted by atomic mass is 16.5. The van der Waals surface area contributed by atoms with Crippen LogP contribution in [0.4, 0.5) is 0 Å². The zero-order valence-corrected chi connectivity index (χ0v) is 9.86. The second kappa shape index (κ2) is 6.86. The highest BCUT2D eigenvalue weighted by Crippen LogP contribution is 2.09. The van der Waals surface area contributed by atoms with Crippen LogP contribution in [0.1, 0.15) is 18.9 Å². The van der Waals surface area contributed by atoms with Crippen LogP contribution in [-0.2, 0) is 6.42 Å². The van der Waals surface area contributed by atoms with Crippen LogP contribution in [0.2, 0.25) is 0 Å². The van der Waals surface area contributed by atoms with Crippen LogP contribution in [0.3, 0.4) is 0 Å². The van der Waals surface area contributed by atoms with Crippen molar-refractivity contribution in [3.05, 3.63) is 23.9 Å². The first-order valence-corrected chi connectivity index (χ1v) is 5.46. The first-order valence-electron chi connectivity index (χ1n) is 5.46. The molecule has 0 aliphatic rings. The molecule has 3 heteroatoms. The van der Waals surface area contributed by atoms with Crippen molar-refractivity contribution in [2.45, 2.75) is 25.8 Å². The molecule has 0 bridgehead atoms. The fourth-order valence-corrected chi connectivity index (χ4v) is 1.58. The predicted molar refractivity (Wildman–Crippen MR) is 65.4 cm³/mol. The van der Waals surface area contributed by atoms with E-state index in [4.69, 9.17) is 11.2 Å². The van der Waals surface area contributed by atoms with Crippen LogP contribution in [0.15, 0.2) is 18.3 Å². The van der Waals surface area contributed by atoms with Crippen molar-refractivity contribution in [3.63, 3.8) is 0 Å². The van der Waals surface area contributed by atoms with E-state index in [-0.39, 0.29) is 0 Å². The van der Waals surface area contributed by atoms with Gasteiger partial charge in [-0.05, 0) is 18.5 Å². The Morgan fingerprint density at radius 3 is 2.88 bits per heavy atom. The zero-order valence-electron chi connectivity index (χ0n) is 9.86. The molecule has 1 atom stereocenters. The molecule has 86 valence electrons. The molecule has 1 aromatic heterocycles. The van der Waals surface area contributed by atoms with Crippen molar-refractivity contribution in [2.24, 2.45) is 0 Å². The number of terminal acetylenes is 1. The van der Waals surface area contributed by atoms with Gasteiger partial charge in [-0.25, -0.2) is 4.98 Å². The molecule has 16 heavy (non-hydrogen) atoms. The highest BCUT2D eigenvalue weighted by Gasteiger charge is 2.07. The number of methoxy groups -OCH3 is 1. The summed E-state index contributed by atoms with van der Waals surface area (Å²) in [6, 6.07) is 4.21. The van der Waals surface area contributed by atoms with Gasteiger partial charge in [-0.2, -0.15) is 0 Å². The highest BCUT2D eigenvalue weighted by molar-refractivity contribution is 5.19. The van der Waals surface area contributed by atoms with E-state index < -0.39 is 0 Å². The average Bonchev–Trinajstić information content (AvgIpc) is 2.31. The molecule has 1 heterocycles. The molecule has 0 radical (unpaired) electrons. The maximum absolute atomic E-state index is 5.33. The molecule has 0 aliphatic carbocycles. The molecular weight excluding hydrogens is 200 g/mol. The molecule has 0 saturated heterocycles. The van der Waals surface area contributed by atoms with E-state index in [2.05, 4.69) is 23.1 Å². The molecule has 1 aromatic rings. The SMILES string of the molecule is C#CCC(Cc1ccc(OC)nc1)NCC. The lowest BCUT2D eigenvalue weighted by molar-refractivity contribution is 0.397. The van der Waals surface area contributed by atoms with Crippen molar-refractivity contribution in [2.75, 3.05) is 13.7 Å². The topological polar surface area (TPSA) is 34.1 Å². The first-order chi connectivity index (χ1) is 7.80. The molecule has 0 amide bonds. The molecule has 1 rings (SSSR count). The lowest BCUT2D eigenvalue weighted by Crippen LogP contribution is -2.30. The lowest BCUT2D eigenvalue weighted by atomic mass is 10.1. The van der Waals surface area contributed by atoms with Crippen LogP contribution < -0.4 is 10.1 Å². The Balaban J connectivity index is 2.59. The van der Waals surface area contributed by atoms with Crippen LogP contribution in [0.5, 0.6) is 5.88 Å². The second-order valence-electron chi connectivity index (χ2n) is 3.58. The van der Waals surface area contributed by atoms with Crippen molar-refractivity contribution in [1.29, 1.82) is 0 Å². The van der Waals surface area contributed by atoms with Crippen LogP contribution in [-0.4, -0.2) is 24.7 Å². The summed E-state index contributed by atoms with van der Waals surface area (Å²) in [6.45, 7) is 3.01. The van der Waals surface area contributed by atoms with Crippen molar-refractivity contribution in [1.82, 2.24) is 10.3 Å². The monoisotopic (exact) mass is 218 g/mol. The smallest absolute Gasteiger partial charge is 0.212 e. The Bertz CT molecular complexity index is 340. The molecule has 0 fully saturated rings. The van der Waals surface area contributed by atoms with E-state index in [9.17, 15) is 0 Å². The van der Waals surface area contributed by atoms with Gasteiger partial charge >= 0.3 is 0 Å². The van der Waals surface area contributed by atoms with E-state index in [0.717, 1.165) is 19.4 Å². The fourth-order valence-electron chi connectivity index (χ4n) is 1.58. The molecule has 0 saturated carbocycles. The van der Waals surface area contributed by atoms with E-state index in [1.807, 2.05) is 18.3 Å². The van der Waals surface area contributed by atoms with Gasteiger partial charge in [0.25, 0.3) is 0 Å². The molecule has 0 aromatic carbocycles. The molecule has 3 nitrogen and oxygen atoms in total. The van der Waals surface area contributed by atoms with Crippen LogP contribution >= 0.6 is 0 Å². The van der Waals surface area contributed by atoms with Crippen LogP contribution in [0, 0.1) is 12.3 Å². The van der Waals surface area contributed by atoms with Gasteiger partial charge < -0.3 is 10.1 Å². The molecular formula is C13H18N2O. The molecule has 0 aliphatic heterocycles. The third-order valence-electron chi connectivity index (χ3n) is 2.35. The average molecular weight is 218 g/mol. The summed E-state index contributed by atoms with van der Waals surface area (Å²) in [5.74, 6) is 3.33. The van der Waals surface area contributed by atoms with Gasteiger partial charge in [-0.15, -0.1) is 12.3 Å². The van der Waals surface area contributed by atoms with Gasteiger partial charge in [0.15, 0.2) is 0 Å². The summed E-state index contributed by atoms with van der Waals surface area (Å²) in [5, 5.41) is 3.36. The number of ether oxygens (including phenoxy) is 1. The first kappa shape index (κ1) is 12.5. The Hall–Kier alpha value is -1.53. The largest absolute Gasteiger partial charge is 0.481 e. The summed E-state index contributed by atoms with van der Waals surface area (Å²) in [6.07, 6.45) is 8.80. The number of aromatic nitrogens is 1. The minimum Gasteiger partial charge on any atom is -0.481 e. The maximum Gasteiger partial charge on any atom is 0.212 e. The fraction of sp³-hybridized carbons (Fsp3) is 0.462. The van der Waals surface area contributed by atoms with Crippen LogP contribution in [0.25, 0.3) is 0 Å². The van der Waals surface area contributed by atoms with E-state index >= 15 is 0 Å². The lowest BCUT2D eigenvalue weighted by Gasteiger charge is -2.14. The van der Waals surface area contributed by atoms with Gasteiger partial charge in [0.1, 0.15) is 0 Å². The van der Waals surface area contributed by atoms with E-state index in [1.54, 1.807) is 7.11 Å². The second-order valence-corrected chi connectivity index (χ2v) is 3.58. The van der Waals surface area contributed by atoms with Crippen molar-refractivity contribution >= 4 is 0 Å². The minimum absolute atomic E-state index is 0.324. The summed E-state index contributed by atoms with van der Waals surface area (Å²) in [4.78, 5) is 4.17. The summed E-state index contributed by atoms with van der Waals surface area (Å²) < 4.78 is 5.01. The molecule has 0 spiro atoms. The number of nitrogens with one attached hydrogen (secondary N) is 1. The number of hydrogen-bond donors (Lipinski definition) is 1. The third kappa shape index (κ3) is 3.92. The minimum atomic E-state index is 0.324. The van der Waals surface area contributed by atoms with Gasteiger partial charge in [0.2, 0.25) is 5.88 Å². The zero-order chi connectivity index (χ0) is 11.8. The number of likely N-dealkylation sites (N-methyl/N-ethyl adjacent to an activating group) is 1. The molecule has 1 unspecified atom stereocenters. The van der Waals surface area contributed by atoms with E-state index in [1.165, 1.54) is 5.56 Å². The maximum atomic E-state index is 5.33. The Labute approximate surface area is 97.2 Å². The standard InChI is InChI=1S/C13H18N2O/c1-4-6-12(14-5-2)9-11-7-8-13(16-3)15-10-11/h1,7-8,10,12,14H,5-6,9H2,2-3H3.